The number of hydrogen-bond donors (Lipinski definition) is 0. The van der Waals surface area contributed by atoms with E-state index in [1.807, 2.05) is 18.2 Å². The van der Waals surface area contributed by atoms with E-state index in [0.29, 0.717) is 22.9 Å². The molecule has 2 aromatic carbocycles. The quantitative estimate of drug-likeness (QED) is 0.248. The summed E-state index contributed by atoms with van der Waals surface area (Å²) >= 11 is 5.82. The van der Waals surface area contributed by atoms with Gasteiger partial charge >= 0.3 is 0 Å². The van der Waals surface area contributed by atoms with Gasteiger partial charge in [-0.05, 0) is 101 Å². The predicted molar refractivity (Wildman–Crippen MR) is 149 cm³/mol. The fourth-order valence-electron chi connectivity index (χ4n) is 4.56. The van der Waals surface area contributed by atoms with Crippen LogP contribution in [0, 0.1) is 18.7 Å². The van der Waals surface area contributed by atoms with Crippen molar-refractivity contribution < 1.29 is 4.39 Å². The summed E-state index contributed by atoms with van der Waals surface area (Å²) < 4.78 is 13.9. The minimum absolute atomic E-state index is 0.276. The van der Waals surface area contributed by atoms with Gasteiger partial charge in [0.1, 0.15) is 5.82 Å². The lowest BCUT2D eigenvalue weighted by molar-refractivity contribution is 0.202. The molecule has 0 bridgehead atoms. The molecule has 4 nitrogen and oxygen atoms in total. The SMILES string of the molecule is C=N/C(=C\C=C/Cc1ccc(Cl)cc1F)C1CCN(CCN(CC)c2ccc(C)cc2N=C)CC1. The highest BCUT2D eigenvalue weighted by Crippen LogP contribution is 2.30. The number of piperidine rings is 1. The molecule has 35 heavy (non-hydrogen) atoms. The van der Waals surface area contributed by atoms with Gasteiger partial charge in [-0.3, -0.25) is 9.98 Å². The van der Waals surface area contributed by atoms with Crippen molar-refractivity contribution in [2.75, 3.05) is 37.6 Å². The molecule has 0 aliphatic carbocycles. The Labute approximate surface area is 214 Å². The zero-order valence-electron chi connectivity index (χ0n) is 20.9. The van der Waals surface area contributed by atoms with Crippen LogP contribution in [0.15, 0.2) is 70.3 Å². The Bertz CT molecular complexity index is 1070. The molecule has 186 valence electrons. The number of likely N-dealkylation sites (N-methyl/N-ethyl adjacent to an activating group) is 1. The van der Waals surface area contributed by atoms with E-state index in [0.717, 1.165) is 62.6 Å². The number of likely N-dealkylation sites (tertiary alicyclic amines) is 1. The van der Waals surface area contributed by atoms with Crippen LogP contribution < -0.4 is 4.90 Å². The highest BCUT2D eigenvalue weighted by Gasteiger charge is 2.22. The molecule has 0 unspecified atom stereocenters. The number of aryl methyl sites for hydroxylation is 1. The van der Waals surface area contributed by atoms with Crippen LogP contribution in [-0.2, 0) is 6.42 Å². The number of aliphatic imine (C=N–C) groups is 2. The number of halogens is 2. The van der Waals surface area contributed by atoms with Crippen molar-refractivity contribution in [2.45, 2.75) is 33.1 Å². The maximum absolute atomic E-state index is 13.9. The fourth-order valence-corrected chi connectivity index (χ4v) is 4.72. The second kappa shape index (κ2) is 13.4. The summed E-state index contributed by atoms with van der Waals surface area (Å²) in [4.78, 5) is 13.4. The molecule has 0 atom stereocenters. The largest absolute Gasteiger partial charge is 0.369 e. The van der Waals surface area contributed by atoms with Crippen molar-refractivity contribution in [3.05, 3.63) is 82.3 Å². The molecule has 0 radical (unpaired) electrons. The molecule has 1 heterocycles. The average Bonchev–Trinajstić information content (AvgIpc) is 2.86. The number of benzene rings is 2. The number of hydrogen-bond acceptors (Lipinski definition) is 4. The summed E-state index contributed by atoms with van der Waals surface area (Å²) in [6.07, 6.45) is 8.54. The van der Waals surface area contributed by atoms with Crippen LogP contribution in [0.2, 0.25) is 5.02 Å². The van der Waals surface area contributed by atoms with Gasteiger partial charge in [0.15, 0.2) is 0 Å². The van der Waals surface area contributed by atoms with Gasteiger partial charge in [-0.2, -0.15) is 0 Å². The second-order valence-electron chi connectivity index (χ2n) is 8.96. The summed E-state index contributed by atoms with van der Waals surface area (Å²) in [5.41, 5.74) is 4.93. The van der Waals surface area contributed by atoms with E-state index in [1.54, 1.807) is 12.1 Å². The van der Waals surface area contributed by atoms with Crippen LogP contribution in [0.5, 0.6) is 0 Å². The Balaban J connectivity index is 1.50. The minimum Gasteiger partial charge on any atom is -0.369 e. The molecule has 0 N–H and O–H groups in total. The van der Waals surface area contributed by atoms with Crippen LogP contribution in [0.1, 0.15) is 30.9 Å². The third kappa shape index (κ3) is 7.61. The minimum atomic E-state index is -0.276. The fraction of sp³-hybridized carbons (Fsp3) is 0.379. The molecular formula is C29H36ClFN4. The Morgan fingerprint density at radius 2 is 1.97 bits per heavy atom. The molecule has 2 aromatic rings. The molecule has 1 saturated heterocycles. The summed E-state index contributed by atoms with van der Waals surface area (Å²) in [5.74, 6) is 0.123. The topological polar surface area (TPSA) is 31.2 Å². The second-order valence-corrected chi connectivity index (χ2v) is 9.40. The van der Waals surface area contributed by atoms with E-state index in [4.69, 9.17) is 11.6 Å². The molecule has 0 spiro atoms. The Morgan fingerprint density at radius 1 is 1.20 bits per heavy atom. The molecule has 1 aliphatic rings. The maximum Gasteiger partial charge on any atom is 0.128 e. The van der Waals surface area contributed by atoms with Crippen molar-refractivity contribution in [2.24, 2.45) is 15.9 Å². The summed E-state index contributed by atoms with van der Waals surface area (Å²) in [6.45, 7) is 16.8. The molecule has 0 aromatic heterocycles. The molecular weight excluding hydrogens is 459 g/mol. The van der Waals surface area contributed by atoms with Crippen LogP contribution in [0.3, 0.4) is 0 Å². The van der Waals surface area contributed by atoms with Crippen molar-refractivity contribution in [1.82, 2.24) is 4.90 Å². The van der Waals surface area contributed by atoms with E-state index < -0.39 is 0 Å². The van der Waals surface area contributed by atoms with Gasteiger partial charge in [0, 0.05) is 36.3 Å². The van der Waals surface area contributed by atoms with Crippen LogP contribution in [0.4, 0.5) is 15.8 Å². The van der Waals surface area contributed by atoms with E-state index in [1.165, 1.54) is 11.6 Å². The van der Waals surface area contributed by atoms with Gasteiger partial charge in [-0.15, -0.1) is 0 Å². The summed E-state index contributed by atoms with van der Waals surface area (Å²) in [6, 6.07) is 11.2. The molecule has 1 aliphatic heterocycles. The predicted octanol–water partition coefficient (Wildman–Crippen LogP) is 7.04. The van der Waals surface area contributed by atoms with Gasteiger partial charge in [0.25, 0.3) is 0 Å². The first-order valence-electron chi connectivity index (χ1n) is 12.3. The molecule has 0 amide bonds. The normalized spacial score (nSPS) is 15.5. The smallest absolute Gasteiger partial charge is 0.128 e. The van der Waals surface area contributed by atoms with E-state index in [9.17, 15) is 4.39 Å². The van der Waals surface area contributed by atoms with Crippen LogP contribution in [-0.4, -0.2) is 51.1 Å². The third-order valence-electron chi connectivity index (χ3n) is 6.65. The van der Waals surface area contributed by atoms with Crippen LogP contribution in [0.25, 0.3) is 0 Å². The Morgan fingerprint density at radius 3 is 2.63 bits per heavy atom. The van der Waals surface area contributed by atoms with E-state index in [-0.39, 0.29) is 5.82 Å². The van der Waals surface area contributed by atoms with Gasteiger partial charge in [-0.25, -0.2) is 4.39 Å². The monoisotopic (exact) mass is 494 g/mol. The van der Waals surface area contributed by atoms with Crippen molar-refractivity contribution >= 4 is 36.4 Å². The first-order chi connectivity index (χ1) is 16.9. The first-order valence-corrected chi connectivity index (χ1v) is 12.6. The highest BCUT2D eigenvalue weighted by molar-refractivity contribution is 6.30. The highest BCUT2D eigenvalue weighted by atomic mass is 35.5. The molecule has 6 heteroatoms. The average molecular weight is 495 g/mol. The van der Waals surface area contributed by atoms with Crippen molar-refractivity contribution in [1.29, 1.82) is 0 Å². The molecule has 0 saturated carbocycles. The van der Waals surface area contributed by atoms with Crippen molar-refractivity contribution in [3.63, 3.8) is 0 Å². The third-order valence-corrected chi connectivity index (χ3v) is 6.89. The zero-order valence-corrected chi connectivity index (χ0v) is 21.6. The lowest BCUT2D eigenvalue weighted by atomic mass is 9.93. The molecule has 1 fully saturated rings. The van der Waals surface area contributed by atoms with Gasteiger partial charge < -0.3 is 9.80 Å². The lowest BCUT2D eigenvalue weighted by Crippen LogP contribution is -2.40. The Kier molecular flexibility index (Phi) is 10.2. The standard InChI is InChI=1S/C29H36ClFN4/c1-5-35(29-13-10-22(2)20-28(29)33-4)19-18-34-16-14-24(15-17-34)27(32-3)9-7-6-8-23-11-12-25(30)21-26(23)31/h6-7,9-13,20-21,24H,3-5,8,14-19H2,1-2H3/b7-6-,27-9-. The van der Waals surface area contributed by atoms with Crippen LogP contribution >= 0.6 is 11.6 Å². The number of allylic oxidation sites excluding steroid dienone is 4. The zero-order chi connectivity index (χ0) is 25.2. The van der Waals surface area contributed by atoms with Crippen molar-refractivity contribution in [3.8, 4) is 0 Å². The maximum atomic E-state index is 13.9. The first kappa shape index (κ1) is 26.8. The number of anilines is 1. The molecule has 3 rings (SSSR count). The van der Waals surface area contributed by atoms with Gasteiger partial charge in [0.2, 0.25) is 0 Å². The summed E-state index contributed by atoms with van der Waals surface area (Å²) in [7, 11) is 0. The number of nitrogens with zero attached hydrogens (tertiary/aromatic N) is 4. The lowest BCUT2D eigenvalue weighted by Gasteiger charge is -2.34. The van der Waals surface area contributed by atoms with E-state index >= 15 is 0 Å². The number of rotatable bonds is 11. The summed E-state index contributed by atoms with van der Waals surface area (Å²) in [5, 5.41) is 0.413. The van der Waals surface area contributed by atoms with Gasteiger partial charge in [0.05, 0.1) is 11.4 Å². The van der Waals surface area contributed by atoms with Gasteiger partial charge in [-0.1, -0.05) is 35.9 Å². The Hall–Kier alpha value is -2.76. The van der Waals surface area contributed by atoms with E-state index in [2.05, 4.69) is 65.3 Å².